The van der Waals surface area contributed by atoms with Gasteiger partial charge in [-0.05, 0) is 46.7 Å². The van der Waals surface area contributed by atoms with E-state index in [9.17, 15) is 5.11 Å². The number of hydrogen-bond acceptors (Lipinski definition) is 5. The van der Waals surface area contributed by atoms with Crippen molar-refractivity contribution in [2.45, 2.75) is 51.9 Å². The van der Waals surface area contributed by atoms with Crippen molar-refractivity contribution in [3.8, 4) is 0 Å². The predicted molar refractivity (Wildman–Crippen MR) is 81.1 cm³/mol. The highest BCUT2D eigenvalue weighted by Gasteiger charge is 2.17. The van der Waals surface area contributed by atoms with E-state index >= 15 is 0 Å². The van der Waals surface area contributed by atoms with Crippen LogP contribution < -0.4 is 5.32 Å². The van der Waals surface area contributed by atoms with Crippen LogP contribution in [0.15, 0.2) is 0 Å². The maximum Gasteiger partial charge on any atom is 0.0897 e. The Morgan fingerprint density at radius 1 is 1.10 bits per heavy atom. The molecule has 2 atom stereocenters. The minimum atomic E-state index is -0.445. The molecule has 1 aliphatic rings. The quantitative estimate of drug-likeness (QED) is 0.552. The predicted octanol–water partition coefficient (Wildman–Crippen LogP) is 0.863. The number of likely N-dealkylation sites (tertiary alicyclic amines) is 1. The number of hydrogen-bond donors (Lipinski definition) is 2. The second kappa shape index (κ2) is 10.5. The van der Waals surface area contributed by atoms with Gasteiger partial charge in [0.15, 0.2) is 0 Å². The molecule has 1 aliphatic heterocycles. The Labute approximate surface area is 123 Å². The Hall–Kier alpha value is -0.200. The molecule has 120 valence electrons. The van der Waals surface area contributed by atoms with Crippen LogP contribution in [-0.2, 0) is 9.47 Å². The van der Waals surface area contributed by atoms with Crippen LogP contribution in [0.3, 0.4) is 0 Å². The van der Waals surface area contributed by atoms with Gasteiger partial charge in [0.1, 0.15) is 0 Å². The summed E-state index contributed by atoms with van der Waals surface area (Å²) in [6, 6.07) is 0.546. The first kappa shape index (κ1) is 17.9. The third-order valence-corrected chi connectivity index (χ3v) is 3.57. The van der Waals surface area contributed by atoms with Gasteiger partial charge in [-0.1, -0.05) is 0 Å². The van der Waals surface area contributed by atoms with Crippen molar-refractivity contribution in [2.75, 3.05) is 46.0 Å². The van der Waals surface area contributed by atoms with Gasteiger partial charge in [0.05, 0.1) is 32.0 Å². The van der Waals surface area contributed by atoms with Crippen molar-refractivity contribution in [3.63, 3.8) is 0 Å². The van der Waals surface area contributed by atoms with Gasteiger partial charge in [-0.15, -0.1) is 0 Å². The van der Waals surface area contributed by atoms with Gasteiger partial charge in [-0.25, -0.2) is 0 Å². The number of nitrogens with one attached hydrogen (secondary N) is 1. The first-order valence-corrected chi connectivity index (χ1v) is 7.91. The number of rotatable bonds is 11. The summed E-state index contributed by atoms with van der Waals surface area (Å²) in [6.07, 6.45) is 2.43. The van der Waals surface area contributed by atoms with Crippen LogP contribution in [0, 0.1) is 0 Å². The summed E-state index contributed by atoms with van der Waals surface area (Å²) in [5, 5.41) is 13.1. The van der Waals surface area contributed by atoms with Crippen molar-refractivity contribution in [1.29, 1.82) is 0 Å². The van der Waals surface area contributed by atoms with E-state index in [2.05, 4.69) is 17.1 Å². The lowest BCUT2D eigenvalue weighted by Gasteiger charge is -2.24. The van der Waals surface area contributed by atoms with Crippen LogP contribution in [0.4, 0.5) is 0 Å². The SMILES string of the molecule is CC(C)OCCOCC(O)CNCC(C)N1CCCC1. The molecule has 0 spiro atoms. The van der Waals surface area contributed by atoms with Crippen molar-refractivity contribution in [3.05, 3.63) is 0 Å². The molecule has 20 heavy (non-hydrogen) atoms. The lowest BCUT2D eigenvalue weighted by Crippen LogP contribution is -2.41. The minimum absolute atomic E-state index is 0.234. The number of aliphatic hydroxyl groups is 1. The van der Waals surface area contributed by atoms with Gasteiger partial charge >= 0.3 is 0 Å². The van der Waals surface area contributed by atoms with Crippen LogP contribution in [-0.4, -0.2) is 74.3 Å². The van der Waals surface area contributed by atoms with Gasteiger partial charge in [-0.2, -0.15) is 0 Å². The van der Waals surface area contributed by atoms with Crippen LogP contribution in [0.25, 0.3) is 0 Å². The molecular weight excluding hydrogens is 256 g/mol. The molecule has 5 heteroatoms. The Morgan fingerprint density at radius 2 is 1.80 bits per heavy atom. The van der Waals surface area contributed by atoms with Gasteiger partial charge in [-0.3, -0.25) is 4.90 Å². The first-order chi connectivity index (χ1) is 9.59. The monoisotopic (exact) mass is 288 g/mol. The van der Waals surface area contributed by atoms with Gasteiger partial charge < -0.3 is 19.9 Å². The molecule has 0 amide bonds. The molecule has 0 aromatic heterocycles. The van der Waals surface area contributed by atoms with E-state index in [1.54, 1.807) is 0 Å². The van der Waals surface area contributed by atoms with E-state index in [4.69, 9.17) is 9.47 Å². The third-order valence-electron chi connectivity index (χ3n) is 3.57. The molecule has 0 saturated carbocycles. The Balaban J connectivity index is 1.92. The van der Waals surface area contributed by atoms with Gasteiger partial charge in [0, 0.05) is 19.1 Å². The fourth-order valence-corrected chi connectivity index (χ4v) is 2.39. The largest absolute Gasteiger partial charge is 0.389 e. The molecule has 5 nitrogen and oxygen atoms in total. The van der Waals surface area contributed by atoms with E-state index in [1.807, 2.05) is 13.8 Å². The maximum atomic E-state index is 9.79. The van der Waals surface area contributed by atoms with Crippen LogP contribution in [0.5, 0.6) is 0 Å². The second-order valence-electron chi connectivity index (χ2n) is 5.90. The topological polar surface area (TPSA) is 54.0 Å². The standard InChI is InChI=1S/C15H32N2O3/c1-13(2)20-9-8-19-12-15(18)11-16-10-14(3)17-6-4-5-7-17/h13-16,18H,4-12H2,1-3H3. The fraction of sp³-hybridized carbons (Fsp3) is 1.00. The Morgan fingerprint density at radius 3 is 2.45 bits per heavy atom. The zero-order chi connectivity index (χ0) is 14.8. The highest BCUT2D eigenvalue weighted by atomic mass is 16.5. The smallest absolute Gasteiger partial charge is 0.0897 e. The van der Waals surface area contributed by atoms with E-state index in [1.165, 1.54) is 25.9 Å². The summed E-state index contributed by atoms with van der Waals surface area (Å²) in [4.78, 5) is 2.50. The molecule has 1 saturated heterocycles. The third kappa shape index (κ3) is 8.17. The van der Waals surface area contributed by atoms with Gasteiger partial charge in [0.2, 0.25) is 0 Å². The van der Waals surface area contributed by atoms with E-state index in [-0.39, 0.29) is 6.10 Å². The molecule has 0 aliphatic carbocycles. The minimum Gasteiger partial charge on any atom is -0.389 e. The summed E-state index contributed by atoms with van der Waals surface area (Å²) in [6.45, 7) is 11.7. The zero-order valence-electron chi connectivity index (χ0n) is 13.3. The average Bonchev–Trinajstić information content (AvgIpc) is 2.91. The number of ether oxygens (including phenoxy) is 2. The summed E-state index contributed by atoms with van der Waals surface area (Å²) < 4.78 is 10.7. The van der Waals surface area contributed by atoms with E-state index in [0.717, 1.165) is 6.54 Å². The molecule has 0 aromatic carbocycles. The van der Waals surface area contributed by atoms with Crippen molar-refractivity contribution < 1.29 is 14.6 Å². The highest BCUT2D eigenvalue weighted by molar-refractivity contribution is 4.75. The summed E-state index contributed by atoms with van der Waals surface area (Å²) in [5.74, 6) is 0. The lowest BCUT2D eigenvalue weighted by molar-refractivity contribution is -0.0101. The fourth-order valence-electron chi connectivity index (χ4n) is 2.39. The Kier molecular flexibility index (Phi) is 9.39. The first-order valence-electron chi connectivity index (χ1n) is 7.91. The van der Waals surface area contributed by atoms with Gasteiger partial charge in [0.25, 0.3) is 0 Å². The summed E-state index contributed by atoms with van der Waals surface area (Å²) in [7, 11) is 0. The molecule has 0 aromatic rings. The van der Waals surface area contributed by atoms with E-state index < -0.39 is 6.10 Å². The molecular formula is C15H32N2O3. The molecule has 0 radical (unpaired) electrons. The molecule has 1 rings (SSSR count). The molecule has 0 bridgehead atoms. The Bertz CT molecular complexity index is 233. The normalized spacial score (nSPS) is 19.6. The highest BCUT2D eigenvalue weighted by Crippen LogP contribution is 2.10. The van der Waals surface area contributed by atoms with Crippen LogP contribution >= 0.6 is 0 Å². The average molecular weight is 288 g/mol. The molecule has 1 fully saturated rings. The van der Waals surface area contributed by atoms with Crippen molar-refractivity contribution in [2.24, 2.45) is 0 Å². The van der Waals surface area contributed by atoms with E-state index in [0.29, 0.717) is 32.4 Å². The van der Waals surface area contributed by atoms with Crippen molar-refractivity contribution >= 4 is 0 Å². The summed E-state index contributed by atoms with van der Waals surface area (Å²) >= 11 is 0. The lowest BCUT2D eigenvalue weighted by atomic mass is 10.3. The molecule has 1 heterocycles. The molecule has 2 unspecified atom stereocenters. The number of aliphatic hydroxyl groups excluding tert-OH is 1. The van der Waals surface area contributed by atoms with Crippen LogP contribution in [0.1, 0.15) is 33.6 Å². The molecule has 2 N–H and O–H groups in total. The second-order valence-corrected chi connectivity index (χ2v) is 5.90. The summed E-state index contributed by atoms with van der Waals surface area (Å²) in [5.41, 5.74) is 0. The zero-order valence-corrected chi connectivity index (χ0v) is 13.3. The number of nitrogens with zero attached hydrogens (tertiary/aromatic N) is 1. The maximum absolute atomic E-state index is 9.79. The van der Waals surface area contributed by atoms with Crippen molar-refractivity contribution in [1.82, 2.24) is 10.2 Å². The van der Waals surface area contributed by atoms with Crippen LogP contribution in [0.2, 0.25) is 0 Å².